The Labute approximate surface area is 127 Å². The molecule has 0 saturated heterocycles. The minimum Gasteiger partial charge on any atom is -0.468 e. The Kier molecular flexibility index (Phi) is 5.37. The van der Waals surface area contributed by atoms with Crippen LogP contribution in [0.1, 0.15) is 29.9 Å². The van der Waals surface area contributed by atoms with E-state index in [9.17, 15) is 9.59 Å². The van der Waals surface area contributed by atoms with Gasteiger partial charge in [-0.15, -0.1) is 0 Å². The molecule has 1 radical (unpaired) electrons. The van der Waals surface area contributed by atoms with Crippen LogP contribution in [0.25, 0.3) is 0 Å². The summed E-state index contributed by atoms with van der Waals surface area (Å²) in [4.78, 5) is 22.5. The first-order chi connectivity index (χ1) is 9.67. The van der Waals surface area contributed by atoms with Gasteiger partial charge in [0.2, 0.25) is 0 Å². The molecule has 20 heavy (non-hydrogen) atoms. The summed E-state index contributed by atoms with van der Waals surface area (Å²) in [5.41, 5.74) is 2.40. The van der Waals surface area contributed by atoms with Crippen LogP contribution in [0.5, 0.6) is 0 Å². The van der Waals surface area contributed by atoms with Gasteiger partial charge in [-0.2, -0.15) is 0 Å². The van der Waals surface area contributed by atoms with E-state index >= 15 is 0 Å². The molecule has 0 spiro atoms. The first-order valence-electron chi connectivity index (χ1n) is 6.56. The second kappa shape index (κ2) is 7.04. The minimum atomic E-state index is -0.529. The fourth-order valence-corrected chi connectivity index (χ4v) is 3.15. The molecule has 1 N–H and O–H groups in total. The molecule has 0 amide bonds. The van der Waals surface area contributed by atoms with Crippen LogP contribution < -0.4 is 5.23 Å². The molecule has 1 aromatic rings. The van der Waals surface area contributed by atoms with Gasteiger partial charge in [0, 0.05) is 10.4 Å². The van der Waals surface area contributed by atoms with Gasteiger partial charge < -0.3 is 14.8 Å². The van der Waals surface area contributed by atoms with E-state index in [2.05, 4.69) is 33.3 Å². The molecule has 0 heterocycles. The molecular formula is C14H16BBrNO3. The maximum absolute atomic E-state index is 12.0. The van der Waals surface area contributed by atoms with E-state index in [1.165, 1.54) is 20.1 Å². The van der Waals surface area contributed by atoms with Crippen LogP contribution in [0.3, 0.4) is 0 Å². The van der Waals surface area contributed by atoms with Crippen molar-refractivity contribution >= 4 is 35.5 Å². The number of carbonyl (C=O) groups excluding carboxylic acids is 2. The van der Waals surface area contributed by atoms with Crippen LogP contribution in [0.15, 0.2) is 22.7 Å². The molecule has 0 aliphatic heterocycles. The van der Waals surface area contributed by atoms with E-state index in [0.29, 0.717) is 6.19 Å². The molecule has 1 aliphatic rings. The average molecular weight is 337 g/mol. The zero-order valence-electron chi connectivity index (χ0n) is 11.3. The summed E-state index contributed by atoms with van der Waals surface area (Å²) in [5, 5.41) is 2.87. The second-order valence-corrected chi connectivity index (χ2v) is 5.73. The van der Waals surface area contributed by atoms with Crippen molar-refractivity contribution in [2.24, 2.45) is 0 Å². The normalized spacial score (nSPS) is 18.8. The van der Waals surface area contributed by atoms with Crippen molar-refractivity contribution in [3.63, 3.8) is 0 Å². The van der Waals surface area contributed by atoms with Crippen LogP contribution in [-0.4, -0.2) is 32.7 Å². The van der Waals surface area contributed by atoms with Crippen LogP contribution in [-0.2, 0) is 20.7 Å². The predicted molar refractivity (Wildman–Crippen MR) is 81.3 cm³/mol. The molecule has 1 aliphatic carbocycles. The predicted octanol–water partition coefficient (Wildman–Crippen LogP) is 1.81. The van der Waals surface area contributed by atoms with E-state index in [-0.39, 0.29) is 11.9 Å². The first-order valence-corrected chi connectivity index (χ1v) is 7.36. The van der Waals surface area contributed by atoms with Gasteiger partial charge >= 0.3 is 5.97 Å². The highest BCUT2D eigenvalue weighted by Gasteiger charge is 2.33. The maximum atomic E-state index is 12.0. The van der Waals surface area contributed by atoms with Crippen LogP contribution in [0, 0.1) is 0 Å². The lowest BCUT2D eigenvalue weighted by Gasteiger charge is -2.31. The van der Waals surface area contributed by atoms with Crippen molar-refractivity contribution in [1.82, 2.24) is 5.23 Å². The van der Waals surface area contributed by atoms with Crippen LogP contribution in [0.4, 0.5) is 0 Å². The SMILES string of the molecule is COC(=O)[C@@H](N[B]C=O)[C@H]1CCCc2ccc(Br)cc21. The monoisotopic (exact) mass is 336 g/mol. The van der Waals surface area contributed by atoms with E-state index in [4.69, 9.17) is 4.74 Å². The van der Waals surface area contributed by atoms with Crippen LogP contribution >= 0.6 is 15.9 Å². The number of halogens is 1. The molecule has 2 rings (SSSR count). The Morgan fingerprint density at radius 2 is 2.40 bits per heavy atom. The number of ether oxygens (including phenoxy) is 1. The number of fused-ring (bicyclic) bond motifs is 1. The standard InChI is InChI=1S/C14H16BBrNO3/c1-20-14(19)13(17-15-8-18)11-4-2-3-9-5-6-10(16)7-12(9)11/h5-8,11,13,17H,2-4H2,1H3/t11-,13-/m0/s1. The number of carbonyl (C=O) groups is 2. The smallest absolute Gasteiger partial charge is 0.322 e. The minimum absolute atomic E-state index is 0.0138. The lowest BCUT2D eigenvalue weighted by Crippen LogP contribution is -2.45. The Hall–Kier alpha value is -1.14. The summed E-state index contributed by atoms with van der Waals surface area (Å²) < 4.78 is 5.85. The number of nitrogens with one attached hydrogen (secondary N) is 1. The summed E-state index contributed by atoms with van der Waals surface area (Å²) >= 11 is 3.47. The summed E-state index contributed by atoms with van der Waals surface area (Å²) in [6.45, 7) is 0. The number of rotatable bonds is 5. The lowest BCUT2D eigenvalue weighted by atomic mass is 9.77. The Bertz CT molecular complexity index is 509. The van der Waals surface area contributed by atoms with Gasteiger partial charge in [-0.1, -0.05) is 22.0 Å². The summed E-state index contributed by atoms with van der Waals surface area (Å²) in [5.74, 6) is -0.333. The highest BCUT2D eigenvalue weighted by molar-refractivity contribution is 9.10. The Morgan fingerprint density at radius 1 is 1.60 bits per heavy atom. The van der Waals surface area contributed by atoms with Gasteiger partial charge in [-0.3, -0.25) is 4.79 Å². The Balaban J connectivity index is 2.32. The van der Waals surface area contributed by atoms with Crippen molar-refractivity contribution in [3.8, 4) is 0 Å². The van der Waals surface area contributed by atoms with Gasteiger partial charge in [-0.25, -0.2) is 0 Å². The van der Waals surface area contributed by atoms with Gasteiger partial charge in [-0.05, 0) is 42.5 Å². The molecule has 0 fully saturated rings. The number of hydrogen-bond acceptors (Lipinski definition) is 4. The molecule has 4 nitrogen and oxygen atoms in total. The molecule has 0 unspecified atom stereocenters. The van der Waals surface area contributed by atoms with Crippen molar-refractivity contribution in [1.29, 1.82) is 0 Å². The molecule has 6 heteroatoms. The van der Waals surface area contributed by atoms with Crippen molar-refractivity contribution in [2.45, 2.75) is 31.2 Å². The number of benzene rings is 1. The molecule has 2 atom stereocenters. The summed E-state index contributed by atoms with van der Waals surface area (Å²) in [6, 6.07) is 5.62. The number of hydrogen-bond donors (Lipinski definition) is 1. The quantitative estimate of drug-likeness (QED) is 0.506. The first kappa shape index (κ1) is 15.3. The van der Waals surface area contributed by atoms with Gasteiger partial charge in [0.05, 0.1) is 13.3 Å². The van der Waals surface area contributed by atoms with Gasteiger partial charge in [0.1, 0.15) is 6.04 Å². The fourth-order valence-electron chi connectivity index (χ4n) is 2.77. The topological polar surface area (TPSA) is 55.4 Å². The summed E-state index contributed by atoms with van der Waals surface area (Å²) in [6.07, 6.45) is 3.57. The maximum Gasteiger partial charge on any atom is 0.322 e. The fraction of sp³-hybridized carbons (Fsp3) is 0.429. The number of methoxy groups -OCH3 is 1. The van der Waals surface area contributed by atoms with E-state index in [1.807, 2.05) is 6.07 Å². The third-order valence-corrected chi connectivity index (χ3v) is 4.16. The highest BCUT2D eigenvalue weighted by Crippen LogP contribution is 2.36. The summed E-state index contributed by atoms with van der Waals surface area (Å²) in [7, 11) is 2.62. The number of aryl methyl sites for hydroxylation is 1. The Morgan fingerprint density at radius 3 is 3.10 bits per heavy atom. The third kappa shape index (κ3) is 3.30. The van der Waals surface area contributed by atoms with Crippen molar-refractivity contribution < 1.29 is 14.3 Å². The average Bonchev–Trinajstić information content (AvgIpc) is 2.47. The van der Waals surface area contributed by atoms with Crippen LogP contribution in [0.2, 0.25) is 0 Å². The molecular weight excluding hydrogens is 321 g/mol. The van der Waals surface area contributed by atoms with Gasteiger partial charge in [0.15, 0.2) is 0 Å². The molecule has 0 bridgehead atoms. The molecule has 105 valence electrons. The zero-order chi connectivity index (χ0) is 14.5. The lowest BCUT2D eigenvalue weighted by molar-refractivity contribution is -0.143. The van der Waals surface area contributed by atoms with E-state index < -0.39 is 6.04 Å². The van der Waals surface area contributed by atoms with E-state index in [0.717, 1.165) is 29.3 Å². The third-order valence-electron chi connectivity index (χ3n) is 3.67. The highest BCUT2D eigenvalue weighted by atomic mass is 79.9. The molecule has 0 aromatic heterocycles. The van der Waals surface area contributed by atoms with Gasteiger partial charge in [0.25, 0.3) is 7.41 Å². The van der Waals surface area contributed by atoms with E-state index in [1.54, 1.807) is 0 Å². The second-order valence-electron chi connectivity index (χ2n) is 4.81. The van der Waals surface area contributed by atoms with Crippen molar-refractivity contribution in [3.05, 3.63) is 33.8 Å². The molecule has 0 saturated carbocycles. The molecule has 1 aromatic carbocycles. The zero-order valence-corrected chi connectivity index (χ0v) is 12.9. The van der Waals surface area contributed by atoms with Crippen molar-refractivity contribution in [2.75, 3.05) is 7.11 Å². The number of esters is 1. The largest absolute Gasteiger partial charge is 0.468 e.